The average molecular weight is 424 g/mol. The maximum atomic E-state index is 13.9. The second-order valence-electron chi connectivity index (χ2n) is 6.81. The van der Waals surface area contributed by atoms with E-state index in [2.05, 4.69) is 30.9 Å². The number of benzene rings is 2. The molecule has 0 atom stereocenters. The van der Waals surface area contributed by atoms with E-state index in [9.17, 15) is 13.6 Å². The highest BCUT2D eigenvalue weighted by Crippen LogP contribution is 2.38. The van der Waals surface area contributed by atoms with Crippen molar-refractivity contribution in [3.8, 4) is 21.8 Å². The summed E-state index contributed by atoms with van der Waals surface area (Å²) in [5, 5.41) is 16.5. The molecule has 0 saturated carbocycles. The predicted molar refractivity (Wildman–Crippen MR) is 107 cm³/mol. The van der Waals surface area contributed by atoms with E-state index in [1.807, 2.05) is 18.2 Å². The van der Waals surface area contributed by atoms with Gasteiger partial charge in [-0.05, 0) is 53.8 Å². The van der Waals surface area contributed by atoms with Crippen molar-refractivity contribution in [2.75, 3.05) is 5.32 Å². The summed E-state index contributed by atoms with van der Waals surface area (Å²) in [5.74, 6) is -1.85. The smallest absolute Gasteiger partial charge is 0.284 e. The molecule has 1 aliphatic carbocycles. The van der Waals surface area contributed by atoms with Crippen LogP contribution < -0.4 is 5.32 Å². The Balaban J connectivity index is 1.53. The molecule has 30 heavy (non-hydrogen) atoms. The van der Waals surface area contributed by atoms with Gasteiger partial charge in [0.15, 0.2) is 5.01 Å². The summed E-state index contributed by atoms with van der Waals surface area (Å²) in [6.45, 7) is 0. The maximum Gasteiger partial charge on any atom is 0.284 e. The summed E-state index contributed by atoms with van der Waals surface area (Å²) >= 11 is 1.20. The molecule has 0 spiro atoms. The Labute approximate surface area is 173 Å². The molecule has 0 radical (unpaired) electrons. The Morgan fingerprint density at radius 3 is 2.73 bits per heavy atom. The first-order valence-electron chi connectivity index (χ1n) is 9.22. The first-order valence-corrected chi connectivity index (χ1v) is 10.0. The fourth-order valence-electron chi connectivity index (χ4n) is 3.49. The summed E-state index contributed by atoms with van der Waals surface area (Å²) in [6.07, 6.45) is 2.47. The van der Waals surface area contributed by atoms with Crippen LogP contribution in [-0.2, 0) is 12.8 Å². The number of H-pyrrole nitrogens is 1. The number of carbonyl (C=O) groups is 1. The lowest BCUT2D eigenvalue weighted by Crippen LogP contribution is -2.14. The van der Waals surface area contributed by atoms with Crippen LogP contribution in [0.2, 0.25) is 0 Å². The van der Waals surface area contributed by atoms with Gasteiger partial charge in [0, 0.05) is 5.56 Å². The summed E-state index contributed by atoms with van der Waals surface area (Å²) in [6, 6.07) is 9.33. The standard InChI is InChI=1S/C20H14F2N6OS/c21-13-4-2-5-14(22)16(13)24-19(29)20-23-15-6-1-3-10-7-8-11(18-25-27-28-26-18)9-12(10)17(15)30-20/h2,4-5,7-9H,1,3,6H2,(H,24,29)(H,25,26,27,28). The third kappa shape index (κ3) is 3.24. The van der Waals surface area contributed by atoms with Crippen LogP contribution in [0.25, 0.3) is 21.8 Å². The van der Waals surface area contributed by atoms with Crippen molar-refractivity contribution in [1.82, 2.24) is 25.6 Å². The van der Waals surface area contributed by atoms with E-state index in [1.165, 1.54) is 17.4 Å². The minimum Gasteiger partial charge on any atom is -0.315 e. The Morgan fingerprint density at radius 2 is 1.97 bits per heavy atom. The number of thiazole rings is 1. The summed E-state index contributed by atoms with van der Waals surface area (Å²) < 4.78 is 27.8. The first kappa shape index (κ1) is 18.5. The van der Waals surface area contributed by atoms with Crippen LogP contribution >= 0.6 is 11.3 Å². The van der Waals surface area contributed by atoms with Gasteiger partial charge in [0.05, 0.1) is 10.6 Å². The van der Waals surface area contributed by atoms with Gasteiger partial charge in [0.25, 0.3) is 5.91 Å². The Kier molecular flexibility index (Phi) is 4.55. The topological polar surface area (TPSA) is 96.5 Å². The number of amides is 1. The lowest BCUT2D eigenvalue weighted by atomic mass is 10.0. The molecule has 0 unspecified atom stereocenters. The van der Waals surface area contributed by atoms with E-state index in [1.54, 1.807) is 0 Å². The molecule has 0 saturated heterocycles. The Morgan fingerprint density at radius 1 is 1.13 bits per heavy atom. The molecule has 1 amide bonds. The monoisotopic (exact) mass is 424 g/mol. The SMILES string of the molecule is O=C(Nc1c(F)cccc1F)c1nc2c(s1)-c1cc(-c3nn[nH]n3)ccc1CCC2. The number of anilines is 1. The summed E-state index contributed by atoms with van der Waals surface area (Å²) in [4.78, 5) is 18.0. The number of nitrogens with zero attached hydrogens (tertiary/aromatic N) is 4. The highest BCUT2D eigenvalue weighted by Gasteiger charge is 2.24. The number of aromatic nitrogens is 5. The van der Waals surface area contributed by atoms with Gasteiger partial charge in [0.1, 0.15) is 17.3 Å². The fraction of sp³-hybridized carbons (Fsp3) is 0.150. The number of para-hydroxylation sites is 1. The van der Waals surface area contributed by atoms with Gasteiger partial charge in [0.2, 0.25) is 5.82 Å². The van der Waals surface area contributed by atoms with Crippen molar-refractivity contribution in [3.05, 3.63) is 64.3 Å². The number of carbonyl (C=O) groups excluding carboxylic acids is 1. The highest BCUT2D eigenvalue weighted by molar-refractivity contribution is 7.17. The van der Waals surface area contributed by atoms with E-state index in [0.29, 0.717) is 12.2 Å². The molecule has 4 aromatic rings. The molecule has 0 fully saturated rings. The van der Waals surface area contributed by atoms with Crippen molar-refractivity contribution in [1.29, 1.82) is 0 Å². The summed E-state index contributed by atoms with van der Waals surface area (Å²) in [5.41, 5.74) is 3.20. The number of rotatable bonds is 3. The maximum absolute atomic E-state index is 13.9. The number of nitrogens with one attached hydrogen (secondary N) is 2. The van der Waals surface area contributed by atoms with Gasteiger partial charge < -0.3 is 5.32 Å². The van der Waals surface area contributed by atoms with Gasteiger partial charge in [-0.1, -0.05) is 18.2 Å². The molecule has 0 bridgehead atoms. The van der Waals surface area contributed by atoms with E-state index in [-0.39, 0.29) is 5.01 Å². The van der Waals surface area contributed by atoms with Crippen molar-refractivity contribution in [2.45, 2.75) is 19.3 Å². The molecule has 0 aliphatic heterocycles. The Hall–Kier alpha value is -3.53. The summed E-state index contributed by atoms with van der Waals surface area (Å²) in [7, 11) is 0. The number of fused-ring (bicyclic) bond motifs is 3. The van der Waals surface area contributed by atoms with Crippen LogP contribution in [0, 0.1) is 11.6 Å². The molecular weight excluding hydrogens is 410 g/mol. The highest BCUT2D eigenvalue weighted by atomic mass is 32.1. The number of hydrogen-bond donors (Lipinski definition) is 2. The van der Waals surface area contributed by atoms with Gasteiger partial charge in [-0.3, -0.25) is 4.79 Å². The van der Waals surface area contributed by atoms with Crippen LogP contribution in [0.1, 0.15) is 27.5 Å². The van der Waals surface area contributed by atoms with Crippen molar-refractivity contribution in [2.24, 2.45) is 0 Å². The molecular formula is C20H14F2N6OS. The van der Waals surface area contributed by atoms with Crippen LogP contribution in [-0.4, -0.2) is 31.5 Å². The Bertz CT molecular complexity index is 1230. The number of halogens is 2. The van der Waals surface area contributed by atoms with Gasteiger partial charge in [-0.25, -0.2) is 13.8 Å². The third-order valence-corrected chi connectivity index (χ3v) is 6.04. The predicted octanol–water partition coefficient (Wildman–Crippen LogP) is 4.01. The quantitative estimate of drug-likeness (QED) is 0.518. The zero-order chi connectivity index (χ0) is 20.7. The third-order valence-electron chi connectivity index (χ3n) is 4.91. The lowest BCUT2D eigenvalue weighted by molar-refractivity contribution is 0.102. The molecule has 10 heteroatoms. The zero-order valence-corrected chi connectivity index (χ0v) is 16.3. The van der Waals surface area contributed by atoms with Crippen LogP contribution in [0.15, 0.2) is 36.4 Å². The fourth-order valence-corrected chi connectivity index (χ4v) is 4.55. The normalized spacial score (nSPS) is 12.7. The number of aromatic amines is 1. The largest absolute Gasteiger partial charge is 0.315 e. The van der Waals surface area contributed by atoms with Crippen molar-refractivity contribution >= 4 is 22.9 Å². The first-order chi connectivity index (χ1) is 14.6. The lowest BCUT2D eigenvalue weighted by Gasteiger charge is -2.07. The average Bonchev–Trinajstić information content (AvgIpc) is 3.39. The molecule has 2 aromatic heterocycles. The minimum absolute atomic E-state index is 0.153. The second-order valence-corrected chi connectivity index (χ2v) is 7.81. The number of tetrazole rings is 1. The van der Waals surface area contributed by atoms with Gasteiger partial charge in [-0.2, -0.15) is 5.21 Å². The molecule has 150 valence electrons. The van der Waals surface area contributed by atoms with Crippen LogP contribution in [0.4, 0.5) is 14.5 Å². The van der Waals surface area contributed by atoms with E-state index in [0.717, 1.165) is 52.2 Å². The van der Waals surface area contributed by atoms with E-state index < -0.39 is 23.2 Å². The number of aryl methyl sites for hydroxylation is 2. The molecule has 1 aliphatic rings. The zero-order valence-electron chi connectivity index (χ0n) is 15.4. The van der Waals surface area contributed by atoms with Crippen molar-refractivity contribution < 1.29 is 13.6 Å². The minimum atomic E-state index is -0.837. The molecule has 2 heterocycles. The van der Waals surface area contributed by atoms with Crippen LogP contribution in [0.3, 0.4) is 0 Å². The van der Waals surface area contributed by atoms with Gasteiger partial charge in [-0.15, -0.1) is 21.5 Å². The van der Waals surface area contributed by atoms with Crippen LogP contribution in [0.5, 0.6) is 0 Å². The van der Waals surface area contributed by atoms with Crippen molar-refractivity contribution in [3.63, 3.8) is 0 Å². The second kappa shape index (κ2) is 7.38. The number of hydrogen-bond acceptors (Lipinski definition) is 6. The molecule has 2 N–H and O–H groups in total. The molecule has 5 rings (SSSR count). The van der Waals surface area contributed by atoms with E-state index >= 15 is 0 Å². The molecule has 2 aromatic carbocycles. The van der Waals surface area contributed by atoms with E-state index in [4.69, 9.17) is 0 Å². The molecule has 7 nitrogen and oxygen atoms in total. The van der Waals surface area contributed by atoms with Gasteiger partial charge >= 0.3 is 0 Å².